The van der Waals surface area contributed by atoms with Crippen molar-refractivity contribution in [3.8, 4) is 0 Å². The molecule has 126 valence electrons. The second kappa shape index (κ2) is 6.93. The highest BCUT2D eigenvalue weighted by atomic mass is 35.5. The van der Waals surface area contributed by atoms with Crippen molar-refractivity contribution in [1.82, 2.24) is 4.31 Å². The highest BCUT2D eigenvalue weighted by Crippen LogP contribution is 2.28. The third-order valence-electron chi connectivity index (χ3n) is 3.99. The summed E-state index contributed by atoms with van der Waals surface area (Å²) in [6.45, 7) is 0.331. The number of carbonyl (C=O) groups excluding carboxylic acids is 1. The largest absolute Gasteiger partial charge is 0.323 e. The average Bonchev–Trinajstić information content (AvgIpc) is 3.08. The van der Waals surface area contributed by atoms with E-state index in [-0.39, 0.29) is 10.8 Å². The standard InChI is InChI=1S/C17H17ClN2O3S/c18-14-9-4-5-10-15(14)19-17(21)16-11-6-12-20(16)24(22,23)13-7-2-1-3-8-13/h1-5,7-10,16H,6,11-12H2,(H,19,21). The van der Waals surface area contributed by atoms with E-state index in [0.717, 1.165) is 0 Å². The number of halogens is 1. The number of para-hydroxylation sites is 1. The van der Waals surface area contributed by atoms with Gasteiger partial charge in [0.05, 0.1) is 15.6 Å². The van der Waals surface area contributed by atoms with Crippen LogP contribution in [0.3, 0.4) is 0 Å². The molecule has 1 unspecified atom stereocenters. The molecular weight excluding hydrogens is 348 g/mol. The minimum atomic E-state index is -3.70. The highest BCUT2D eigenvalue weighted by molar-refractivity contribution is 7.89. The quantitative estimate of drug-likeness (QED) is 0.906. The lowest BCUT2D eigenvalue weighted by molar-refractivity contribution is -0.119. The van der Waals surface area contributed by atoms with Crippen molar-refractivity contribution in [3.63, 3.8) is 0 Å². The summed E-state index contributed by atoms with van der Waals surface area (Å²) in [5.74, 6) is -0.361. The van der Waals surface area contributed by atoms with Gasteiger partial charge in [0.1, 0.15) is 6.04 Å². The maximum absolute atomic E-state index is 12.8. The van der Waals surface area contributed by atoms with Gasteiger partial charge >= 0.3 is 0 Å². The van der Waals surface area contributed by atoms with Gasteiger partial charge in [-0.05, 0) is 37.1 Å². The Kier molecular flexibility index (Phi) is 4.89. The number of nitrogens with zero attached hydrogens (tertiary/aromatic N) is 1. The molecule has 2 aromatic rings. The lowest BCUT2D eigenvalue weighted by Gasteiger charge is -2.23. The van der Waals surface area contributed by atoms with Crippen LogP contribution in [0.2, 0.25) is 5.02 Å². The molecule has 0 spiro atoms. The number of hydrogen-bond acceptors (Lipinski definition) is 3. The first-order valence-corrected chi connectivity index (χ1v) is 9.44. The molecule has 2 aromatic carbocycles. The minimum absolute atomic E-state index is 0.197. The number of sulfonamides is 1. The number of benzene rings is 2. The Labute approximate surface area is 146 Å². The monoisotopic (exact) mass is 364 g/mol. The molecule has 1 atom stereocenters. The molecule has 1 aliphatic rings. The number of anilines is 1. The number of amides is 1. The molecule has 1 saturated heterocycles. The molecule has 24 heavy (non-hydrogen) atoms. The summed E-state index contributed by atoms with van der Waals surface area (Å²) in [6, 6.07) is 14.3. The fourth-order valence-corrected chi connectivity index (χ4v) is 4.66. The van der Waals surface area contributed by atoms with Gasteiger partial charge in [-0.2, -0.15) is 4.31 Å². The van der Waals surface area contributed by atoms with Crippen LogP contribution in [-0.2, 0) is 14.8 Å². The topological polar surface area (TPSA) is 66.5 Å². The smallest absolute Gasteiger partial charge is 0.243 e. The van der Waals surface area contributed by atoms with Gasteiger partial charge in [0.25, 0.3) is 0 Å². The fourth-order valence-electron chi connectivity index (χ4n) is 2.80. The number of carbonyl (C=O) groups is 1. The number of rotatable bonds is 4. The van der Waals surface area contributed by atoms with Gasteiger partial charge in [-0.3, -0.25) is 4.79 Å². The van der Waals surface area contributed by atoms with E-state index in [1.165, 1.54) is 16.4 Å². The van der Waals surface area contributed by atoms with Crippen LogP contribution in [0.5, 0.6) is 0 Å². The van der Waals surface area contributed by atoms with Gasteiger partial charge in [0.2, 0.25) is 15.9 Å². The van der Waals surface area contributed by atoms with Gasteiger partial charge < -0.3 is 5.32 Å². The minimum Gasteiger partial charge on any atom is -0.323 e. The molecule has 1 fully saturated rings. The highest BCUT2D eigenvalue weighted by Gasteiger charge is 2.39. The van der Waals surface area contributed by atoms with E-state index in [1.54, 1.807) is 42.5 Å². The zero-order chi connectivity index (χ0) is 17.2. The summed E-state index contributed by atoms with van der Waals surface area (Å²) < 4.78 is 26.8. The van der Waals surface area contributed by atoms with Crippen LogP contribution in [0.1, 0.15) is 12.8 Å². The first-order chi connectivity index (χ1) is 11.5. The van der Waals surface area contributed by atoms with Gasteiger partial charge in [-0.15, -0.1) is 0 Å². The lowest BCUT2D eigenvalue weighted by Crippen LogP contribution is -2.43. The summed E-state index contributed by atoms with van der Waals surface area (Å²) in [4.78, 5) is 12.8. The molecule has 3 rings (SSSR count). The number of nitrogens with one attached hydrogen (secondary N) is 1. The zero-order valence-electron chi connectivity index (χ0n) is 12.9. The summed E-state index contributed by atoms with van der Waals surface area (Å²) in [6.07, 6.45) is 1.13. The third kappa shape index (κ3) is 3.31. The number of hydrogen-bond donors (Lipinski definition) is 1. The van der Waals surface area contributed by atoms with E-state index in [0.29, 0.717) is 30.1 Å². The Morgan fingerprint density at radius 2 is 1.75 bits per heavy atom. The van der Waals surface area contributed by atoms with E-state index in [9.17, 15) is 13.2 Å². The van der Waals surface area contributed by atoms with Gasteiger partial charge in [0, 0.05) is 6.54 Å². The SMILES string of the molecule is O=C(Nc1ccccc1Cl)C1CCCN1S(=O)(=O)c1ccccc1. The van der Waals surface area contributed by atoms with Crippen LogP contribution in [0.4, 0.5) is 5.69 Å². The van der Waals surface area contributed by atoms with Crippen LogP contribution in [0, 0.1) is 0 Å². The Bertz CT molecular complexity index is 840. The Balaban J connectivity index is 1.83. The van der Waals surface area contributed by atoms with Crippen LogP contribution in [-0.4, -0.2) is 31.2 Å². The molecule has 0 radical (unpaired) electrons. The normalized spacial score (nSPS) is 18.5. The average molecular weight is 365 g/mol. The van der Waals surface area contributed by atoms with Crippen molar-refractivity contribution in [2.45, 2.75) is 23.8 Å². The van der Waals surface area contributed by atoms with Crippen LogP contribution in [0.15, 0.2) is 59.5 Å². The van der Waals surface area contributed by atoms with Crippen molar-refractivity contribution in [2.24, 2.45) is 0 Å². The molecule has 1 aliphatic heterocycles. The van der Waals surface area contributed by atoms with Crippen molar-refractivity contribution < 1.29 is 13.2 Å². The predicted molar refractivity (Wildman–Crippen MR) is 93.4 cm³/mol. The van der Waals surface area contributed by atoms with Gasteiger partial charge in [-0.1, -0.05) is 41.9 Å². The van der Waals surface area contributed by atoms with Crippen molar-refractivity contribution in [3.05, 3.63) is 59.6 Å². The molecule has 0 aliphatic carbocycles. The predicted octanol–water partition coefficient (Wildman–Crippen LogP) is 3.13. The molecular formula is C17H17ClN2O3S. The first-order valence-electron chi connectivity index (χ1n) is 7.62. The summed E-state index contributed by atoms with van der Waals surface area (Å²) in [5.41, 5.74) is 0.480. The van der Waals surface area contributed by atoms with Crippen LogP contribution >= 0.6 is 11.6 Å². The maximum atomic E-state index is 12.8. The van der Waals surface area contributed by atoms with Crippen molar-refractivity contribution in [2.75, 3.05) is 11.9 Å². The fraction of sp³-hybridized carbons (Fsp3) is 0.235. The van der Waals surface area contributed by atoms with Crippen LogP contribution < -0.4 is 5.32 Å². The molecule has 7 heteroatoms. The maximum Gasteiger partial charge on any atom is 0.243 e. The van der Waals surface area contributed by atoms with E-state index in [1.807, 2.05) is 0 Å². The third-order valence-corrected chi connectivity index (χ3v) is 6.24. The summed E-state index contributed by atoms with van der Waals surface area (Å²) in [5, 5.41) is 3.15. The first kappa shape index (κ1) is 17.0. The lowest BCUT2D eigenvalue weighted by atomic mass is 10.2. The van der Waals surface area contributed by atoms with Gasteiger partial charge in [-0.25, -0.2) is 8.42 Å². The molecule has 0 saturated carbocycles. The van der Waals surface area contributed by atoms with E-state index in [4.69, 9.17) is 11.6 Å². The molecule has 0 bridgehead atoms. The zero-order valence-corrected chi connectivity index (χ0v) is 14.4. The second-order valence-electron chi connectivity index (χ2n) is 5.56. The van der Waals surface area contributed by atoms with Crippen molar-refractivity contribution >= 4 is 33.2 Å². The van der Waals surface area contributed by atoms with Crippen molar-refractivity contribution in [1.29, 1.82) is 0 Å². The van der Waals surface area contributed by atoms with Crippen LogP contribution in [0.25, 0.3) is 0 Å². The summed E-state index contributed by atoms with van der Waals surface area (Å²) >= 11 is 6.05. The Morgan fingerprint density at radius 3 is 2.46 bits per heavy atom. The molecule has 0 aromatic heterocycles. The second-order valence-corrected chi connectivity index (χ2v) is 7.85. The van der Waals surface area contributed by atoms with E-state index < -0.39 is 16.1 Å². The molecule has 5 nitrogen and oxygen atoms in total. The van der Waals surface area contributed by atoms with E-state index >= 15 is 0 Å². The Hall–Kier alpha value is -1.89. The Morgan fingerprint density at radius 1 is 1.08 bits per heavy atom. The van der Waals surface area contributed by atoms with Gasteiger partial charge in [0.15, 0.2) is 0 Å². The summed E-state index contributed by atoms with van der Waals surface area (Å²) in [7, 11) is -3.70. The molecule has 1 N–H and O–H groups in total. The van der Waals surface area contributed by atoms with E-state index in [2.05, 4.69) is 5.32 Å². The molecule has 1 heterocycles. The molecule has 1 amide bonds.